The van der Waals surface area contributed by atoms with Crippen LogP contribution < -0.4 is 9.80 Å². The molecular weight excluding hydrogens is 631 g/mol. The van der Waals surface area contributed by atoms with E-state index in [0.29, 0.717) is 0 Å². The van der Waals surface area contributed by atoms with E-state index in [0.717, 1.165) is 66.8 Å². The Morgan fingerprint density at radius 1 is 0.440 bits per heavy atom. The Morgan fingerprint density at radius 3 is 1.78 bits per heavy atom. The van der Waals surface area contributed by atoms with Gasteiger partial charge in [0.2, 0.25) is 0 Å². The topological polar surface area (TPSA) is 32.5 Å². The molecule has 3 heterocycles. The number of pyridine rings is 1. The lowest BCUT2D eigenvalue weighted by molar-refractivity contribution is 0.669. The number of rotatable bonds is 6. The highest BCUT2D eigenvalue weighted by Crippen LogP contribution is 2.51. The number of para-hydroxylation sites is 3. The molecule has 0 aliphatic rings. The molecule has 0 radical (unpaired) electrons. The normalized spacial score (nSPS) is 11.6. The van der Waals surface area contributed by atoms with Crippen molar-refractivity contribution in [1.82, 2.24) is 4.98 Å². The molecule has 50 heavy (non-hydrogen) atoms. The van der Waals surface area contributed by atoms with Crippen molar-refractivity contribution in [2.45, 2.75) is 0 Å². The van der Waals surface area contributed by atoms with Crippen molar-refractivity contribution in [1.29, 1.82) is 0 Å². The molecule has 0 saturated carbocycles. The number of nitrogens with zero attached hydrogens (tertiary/aromatic N) is 3. The average molecular weight is 660 g/mol. The van der Waals surface area contributed by atoms with Gasteiger partial charge in [-0.2, -0.15) is 0 Å². The Morgan fingerprint density at radius 2 is 1.04 bits per heavy atom. The van der Waals surface area contributed by atoms with Gasteiger partial charge in [0.1, 0.15) is 11.2 Å². The van der Waals surface area contributed by atoms with Crippen LogP contribution in [0.5, 0.6) is 0 Å². The van der Waals surface area contributed by atoms with Crippen molar-refractivity contribution in [3.8, 4) is 0 Å². The quantitative estimate of drug-likeness (QED) is 0.178. The van der Waals surface area contributed by atoms with Crippen molar-refractivity contribution in [2.75, 3.05) is 9.80 Å². The molecule has 7 aromatic carbocycles. The summed E-state index contributed by atoms with van der Waals surface area (Å²) in [6.45, 7) is 0. The first-order chi connectivity index (χ1) is 24.8. The van der Waals surface area contributed by atoms with Gasteiger partial charge in [-0.05, 0) is 78.2 Å². The van der Waals surface area contributed by atoms with Crippen molar-refractivity contribution in [3.05, 3.63) is 176 Å². The van der Waals surface area contributed by atoms with Crippen LogP contribution in [-0.2, 0) is 0 Å². The summed E-state index contributed by atoms with van der Waals surface area (Å²) in [7, 11) is 0. The van der Waals surface area contributed by atoms with Gasteiger partial charge in [0, 0.05) is 67.2 Å². The molecule has 0 atom stereocenters. The van der Waals surface area contributed by atoms with Crippen molar-refractivity contribution in [2.24, 2.45) is 0 Å². The van der Waals surface area contributed by atoms with Crippen LogP contribution in [0.25, 0.3) is 52.9 Å². The number of furan rings is 1. The first-order valence-corrected chi connectivity index (χ1v) is 17.5. The van der Waals surface area contributed by atoms with Crippen molar-refractivity contribution < 1.29 is 4.42 Å². The Labute approximate surface area is 292 Å². The number of aromatic nitrogens is 1. The Hall–Kier alpha value is -6.43. The van der Waals surface area contributed by atoms with E-state index in [4.69, 9.17) is 4.42 Å². The predicted molar refractivity (Wildman–Crippen MR) is 211 cm³/mol. The SMILES string of the molecule is c1ccc(N(c2ccccc2)c2cc3c(cc2N(c2ccccc2)c2cccc4c2sc2ccccc24)oc2cc4ccncc4cc23)cc1. The van der Waals surface area contributed by atoms with Crippen LogP contribution in [0.2, 0.25) is 0 Å². The van der Waals surface area contributed by atoms with E-state index in [9.17, 15) is 0 Å². The third-order valence-corrected chi connectivity index (χ3v) is 10.7. The second-order valence-corrected chi connectivity index (χ2v) is 13.5. The summed E-state index contributed by atoms with van der Waals surface area (Å²) in [5, 5.41) is 6.82. The smallest absolute Gasteiger partial charge is 0.137 e. The molecule has 0 aliphatic carbocycles. The van der Waals surface area contributed by atoms with E-state index >= 15 is 0 Å². The molecule has 10 rings (SSSR count). The second-order valence-electron chi connectivity index (χ2n) is 12.4. The molecule has 5 heteroatoms. The summed E-state index contributed by atoms with van der Waals surface area (Å²) in [6, 6.07) is 58.2. The molecule has 0 aliphatic heterocycles. The van der Waals surface area contributed by atoms with E-state index in [-0.39, 0.29) is 0 Å². The molecule has 0 spiro atoms. The molecule has 0 saturated heterocycles. The fourth-order valence-electron chi connectivity index (χ4n) is 7.21. The van der Waals surface area contributed by atoms with Gasteiger partial charge >= 0.3 is 0 Å². The van der Waals surface area contributed by atoms with Crippen LogP contribution in [-0.4, -0.2) is 4.98 Å². The second kappa shape index (κ2) is 11.6. The molecule has 10 aromatic rings. The highest BCUT2D eigenvalue weighted by Gasteiger charge is 2.26. The zero-order chi connectivity index (χ0) is 33.0. The van der Waals surface area contributed by atoms with Crippen LogP contribution in [0.1, 0.15) is 0 Å². The van der Waals surface area contributed by atoms with Gasteiger partial charge in [-0.1, -0.05) is 84.9 Å². The maximum atomic E-state index is 6.74. The van der Waals surface area contributed by atoms with Gasteiger partial charge in [-0.3, -0.25) is 4.98 Å². The maximum Gasteiger partial charge on any atom is 0.137 e. The summed E-state index contributed by atoms with van der Waals surface area (Å²) in [4.78, 5) is 9.17. The zero-order valence-corrected chi connectivity index (χ0v) is 27.7. The summed E-state index contributed by atoms with van der Waals surface area (Å²) in [5.41, 5.74) is 8.02. The van der Waals surface area contributed by atoms with Gasteiger partial charge in [0.25, 0.3) is 0 Å². The molecular formula is C45H29N3OS. The van der Waals surface area contributed by atoms with E-state index in [1.165, 1.54) is 20.2 Å². The molecule has 0 unspecified atom stereocenters. The summed E-state index contributed by atoms with van der Waals surface area (Å²) in [5.74, 6) is 0. The van der Waals surface area contributed by atoms with E-state index in [1.54, 1.807) is 0 Å². The summed E-state index contributed by atoms with van der Waals surface area (Å²) < 4.78 is 9.25. The third-order valence-electron chi connectivity index (χ3n) is 9.48. The Balaban J connectivity index is 1.34. The molecule has 0 bridgehead atoms. The van der Waals surface area contributed by atoms with Crippen LogP contribution in [0, 0.1) is 0 Å². The average Bonchev–Trinajstić information content (AvgIpc) is 3.73. The van der Waals surface area contributed by atoms with Gasteiger partial charge in [0.15, 0.2) is 0 Å². The molecule has 0 N–H and O–H groups in total. The van der Waals surface area contributed by atoms with Gasteiger partial charge in [-0.25, -0.2) is 0 Å². The molecule has 3 aromatic heterocycles. The van der Waals surface area contributed by atoms with Crippen LogP contribution in [0.4, 0.5) is 34.1 Å². The molecule has 0 amide bonds. The predicted octanol–water partition coefficient (Wildman–Crippen LogP) is 13.4. The molecule has 236 valence electrons. The van der Waals surface area contributed by atoms with Gasteiger partial charge in [0.05, 0.1) is 21.8 Å². The zero-order valence-electron chi connectivity index (χ0n) is 26.9. The van der Waals surface area contributed by atoms with E-state index in [1.807, 2.05) is 29.8 Å². The number of hydrogen-bond donors (Lipinski definition) is 0. The lowest BCUT2D eigenvalue weighted by atomic mass is 10.0. The summed E-state index contributed by atoms with van der Waals surface area (Å²) in [6.07, 6.45) is 3.75. The monoisotopic (exact) mass is 659 g/mol. The minimum atomic E-state index is 0.826. The van der Waals surface area contributed by atoms with Crippen molar-refractivity contribution >= 4 is 98.3 Å². The van der Waals surface area contributed by atoms with Crippen LogP contribution in [0.3, 0.4) is 0 Å². The highest BCUT2D eigenvalue weighted by molar-refractivity contribution is 7.26. The molecule has 4 nitrogen and oxygen atoms in total. The number of thiophene rings is 1. The van der Waals surface area contributed by atoms with E-state index in [2.05, 4.69) is 173 Å². The number of hydrogen-bond acceptors (Lipinski definition) is 5. The first-order valence-electron chi connectivity index (χ1n) is 16.7. The van der Waals surface area contributed by atoms with Gasteiger partial charge < -0.3 is 14.2 Å². The lowest BCUT2D eigenvalue weighted by Crippen LogP contribution is -2.17. The number of benzene rings is 7. The first kappa shape index (κ1) is 28.6. The summed E-state index contributed by atoms with van der Waals surface area (Å²) >= 11 is 1.84. The largest absolute Gasteiger partial charge is 0.456 e. The van der Waals surface area contributed by atoms with E-state index < -0.39 is 0 Å². The standard InChI is InChI=1S/C45H29N3OS/c1-4-13-32(14-5-1)47(33-15-6-2-7-16-33)40-27-38-37-25-31-29-46-24-23-30(31)26-42(37)49-43(38)28-41(40)48(34-17-8-3-9-18-34)39-21-12-20-36-35-19-10-11-22-44(35)50-45(36)39/h1-29H. The Kier molecular flexibility index (Phi) is 6.64. The fourth-order valence-corrected chi connectivity index (χ4v) is 8.42. The maximum absolute atomic E-state index is 6.74. The minimum absolute atomic E-state index is 0.826. The number of anilines is 6. The molecule has 0 fully saturated rings. The third kappa shape index (κ3) is 4.63. The number of fused-ring (bicyclic) bond motifs is 7. The van der Waals surface area contributed by atoms with Crippen molar-refractivity contribution in [3.63, 3.8) is 0 Å². The minimum Gasteiger partial charge on any atom is -0.456 e. The Bertz CT molecular complexity index is 2790. The fraction of sp³-hybridized carbons (Fsp3) is 0. The van der Waals surface area contributed by atoms with Crippen LogP contribution in [0.15, 0.2) is 181 Å². The van der Waals surface area contributed by atoms with Crippen LogP contribution >= 0.6 is 11.3 Å². The highest BCUT2D eigenvalue weighted by atomic mass is 32.1. The lowest BCUT2D eigenvalue weighted by Gasteiger charge is -2.33. The van der Waals surface area contributed by atoms with Gasteiger partial charge in [-0.15, -0.1) is 11.3 Å².